The van der Waals surface area contributed by atoms with Gasteiger partial charge in [0.1, 0.15) is 5.75 Å². The van der Waals surface area contributed by atoms with Crippen LogP contribution in [0.2, 0.25) is 0 Å². The van der Waals surface area contributed by atoms with Gasteiger partial charge < -0.3 is 24.3 Å². The molecule has 4 rings (SSSR count). The smallest absolute Gasteiger partial charge is 0.336 e. The molecule has 0 spiro atoms. The van der Waals surface area contributed by atoms with Gasteiger partial charge in [0.2, 0.25) is 0 Å². The predicted molar refractivity (Wildman–Crippen MR) is 141 cm³/mol. The minimum absolute atomic E-state index is 0.00824. The number of ether oxygens (including phenoxy) is 4. The minimum atomic E-state index is -0.578. The fourth-order valence-electron chi connectivity index (χ4n) is 5.19. The van der Waals surface area contributed by atoms with Crippen molar-refractivity contribution >= 4 is 11.8 Å². The molecule has 2 aromatic carbocycles. The molecule has 196 valence electrons. The number of ketones is 1. The maximum absolute atomic E-state index is 13.8. The van der Waals surface area contributed by atoms with Crippen LogP contribution in [0.5, 0.6) is 17.2 Å². The second-order valence-electron chi connectivity index (χ2n) is 9.87. The Morgan fingerprint density at radius 3 is 2.35 bits per heavy atom. The Kier molecular flexibility index (Phi) is 7.91. The molecule has 2 aliphatic rings. The van der Waals surface area contributed by atoms with Crippen LogP contribution in [-0.4, -0.2) is 39.7 Å². The number of carbonyl (C=O) groups is 2. The summed E-state index contributed by atoms with van der Waals surface area (Å²) in [5.41, 5.74) is 4.32. The number of allylic oxidation sites excluding steroid dienone is 3. The van der Waals surface area contributed by atoms with Gasteiger partial charge in [0.15, 0.2) is 17.3 Å². The van der Waals surface area contributed by atoms with E-state index in [4.69, 9.17) is 18.9 Å². The lowest BCUT2D eigenvalue weighted by molar-refractivity contribution is -0.140. The van der Waals surface area contributed by atoms with Gasteiger partial charge in [-0.25, -0.2) is 4.79 Å². The number of benzene rings is 2. The first-order chi connectivity index (χ1) is 17.8. The van der Waals surface area contributed by atoms with Gasteiger partial charge in [-0.2, -0.15) is 0 Å². The second-order valence-corrected chi connectivity index (χ2v) is 9.87. The molecular formula is C30H35NO6. The molecule has 1 heterocycles. The molecule has 1 aliphatic heterocycles. The van der Waals surface area contributed by atoms with Crippen molar-refractivity contribution in [3.63, 3.8) is 0 Å². The van der Waals surface area contributed by atoms with E-state index >= 15 is 0 Å². The van der Waals surface area contributed by atoms with Gasteiger partial charge >= 0.3 is 5.97 Å². The van der Waals surface area contributed by atoms with E-state index in [9.17, 15) is 9.59 Å². The van der Waals surface area contributed by atoms with E-state index in [1.165, 1.54) is 0 Å². The quantitative estimate of drug-likeness (QED) is 0.489. The maximum Gasteiger partial charge on any atom is 0.336 e. The molecule has 0 radical (unpaired) electrons. The molecule has 37 heavy (non-hydrogen) atoms. The average Bonchev–Trinajstić information content (AvgIpc) is 2.90. The summed E-state index contributed by atoms with van der Waals surface area (Å²) in [7, 11) is 4.79. The number of dihydropyridines is 1. The predicted octanol–water partition coefficient (Wildman–Crippen LogP) is 5.27. The lowest BCUT2D eigenvalue weighted by Crippen LogP contribution is -2.36. The summed E-state index contributed by atoms with van der Waals surface area (Å²) in [6, 6.07) is 13.3. The number of methoxy groups -OCH3 is 3. The van der Waals surface area contributed by atoms with Gasteiger partial charge in [-0.1, -0.05) is 38.1 Å². The van der Waals surface area contributed by atoms with Gasteiger partial charge in [0, 0.05) is 29.0 Å². The number of Topliss-reactive ketones (excluding diaryl/α,β-unsaturated/α-hetero) is 1. The number of carbonyl (C=O) groups excluding carboxylic acids is 2. The molecule has 0 fully saturated rings. The minimum Gasteiger partial charge on any atom is -0.496 e. The normalized spacial score (nSPS) is 19.4. The van der Waals surface area contributed by atoms with Crippen LogP contribution in [0.15, 0.2) is 65.0 Å². The van der Waals surface area contributed by atoms with E-state index in [1.54, 1.807) is 21.3 Å². The highest BCUT2D eigenvalue weighted by Crippen LogP contribution is 2.48. The molecule has 0 bridgehead atoms. The van der Waals surface area contributed by atoms with Crippen molar-refractivity contribution in [3.05, 3.63) is 76.1 Å². The summed E-state index contributed by atoms with van der Waals surface area (Å²) >= 11 is 0. The fourth-order valence-corrected chi connectivity index (χ4v) is 5.19. The zero-order valence-corrected chi connectivity index (χ0v) is 22.3. The van der Waals surface area contributed by atoms with Gasteiger partial charge in [0.25, 0.3) is 0 Å². The molecule has 0 saturated heterocycles. The van der Waals surface area contributed by atoms with Gasteiger partial charge in [0.05, 0.1) is 39.4 Å². The number of hydrogen-bond donors (Lipinski definition) is 1. The van der Waals surface area contributed by atoms with Crippen molar-refractivity contribution in [1.82, 2.24) is 5.32 Å². The maximum atomic E-state index is 13.8. The van der Waals surface area contributed by atoms with E-state index in [0.29, 0.717) is 53.5 Å². The molecule has 7 heteroatoms. The zero-order valence-electron chi connectivity index (χ0n) is 22.3. The van der Waals surface area contributed by atoms with Crippen LogP contribution in [0, 0.1) is 5.92 Å². The van der Waals surface area contributed by atoms with Gasteiger partial charge in [-0.15, -0.1) is 0 Å². The Bertz CT molecular complexity index is 1260. The van der Waals surface area contributed by atoms with Gasteiger partial charge in [-0.3, -0.25) is 4.79 Å². The summed E-state index contributed by atoms with van der Waals surface area (Å²) < 4.78 is 22.2. The third-order valence-corrected chi connectivity index (χ3v) is 6.92. The molecule has 1 N–H and O–H groups in total. The van der Waals surface area contributed by atoms with Crippen molar-refractivity contribution in [2.45, 2.75) is 45.4 Å². The number of rotatable bonds is 8. The van der Waals surface area contributed by atoms with E-state index in [1.807, 2.05) is 63.2 Å². The Morgan fingerprint density at radius 1 is 0.973 bits per heavy atom. The first-order valence-electron chi connectivity index (χ1n) is 12.5. The van der Waals surface area contributed by atoms with Gasteiger partial charge in [-0.05, 0) is 48.9 Å². The van der Waals surface area contributed by atoms with E-state index in [0.717, 1.165) is 16.8 Å². The van der Waals surface area contributed by atoms with Crippen LogP contribution in [-0.2, 0) is 14.3 Å². The third-order valence-electron chi connectivity index (χ3n) is 6.92. The summed E-state index contributed by atoms with van der Waals surface area (Å²) in [5.74, 6) is 1.04. The summed E-state index contributed by atoms with van der Waals surface area (Å²) in [5, 5.41) is 3.40. The topological polar surface area (TPSA) is 83.1 Å². The highest BCUT2D eigenvalue weighted by molar-refractivity contribution is 6.04. The van der Waals surface area contributed by atoms with Crippen LogP contribution in [0.25, 0.3) is 0 Å². The highest BCUT2D eigenvalue weighted by Gasteiger charge is 2.42. The first-order valence-corrected chi connectivity index (χ1v) is 12.5. The molecule has 7 nitrogen and oxygen atoms in total. The SMILES string of the molecule is COc1ccc(C2CC(=O)C3=C(C2)NC(C)=C(C(=O)OCC(C)C)C3c2ccccc2OC)cc1OC. The van der Waals surface area contributed by atoms with E-state index < -0.39 is 11.9 Å². The Balaban J connectivity index is 1.78. The van der Waals surface area contributed by atoms with Crippen LogP contribution >= 0.6 is 0 Å². The fraction of sp³-hybridized carbons (Fsp3) is 0.400. The zero-order chi connectivity index (χ0) is 26.7. The largest absolute Gasteiger partial charge is 0.496 e. The third kappa shape index (κ3) is 5.22. The lowest BCUT2D eigenvalue weighted by Gasteiger charge is -2.37. The second kappa shape index (κ2) is 11.1. The first kappa shape index (κ1) is 26.3. The standard InChI is InChI=1S/C30H35NO6/c1-17(2)16-37-30(33)27-18(3)31-22-13-20(19-11-12-25(35-5)26(15-19)36-6)14-23(32)29(22)28(27)21-9-7-8-10-24(21)34-4/h7-12,15,17,20,28,31H,13-14,16H2,1-6H3. The van der Waals surface area contributed by atoms with Crippen molar-refractivity contribution in [2.75, 3.05) is 27.9 Å². The Hall–Kier alpha value is -3.74. The highest BCUT2D eigenvalue weighted by atomic mass is 16.5. The van der Waals surface area contributed by atoms with Crippen molar-refractivity contribution in [1.29, 1.82) is 0 Å². The summed E-state index contributed by atoms with van der Waals surface area (Å²) in [4.78, 5) is 27.2. The number of hydrogen-bond acceptors (Lipinski definition) is 7. The summed E-state index contributed by atoms with van der Waals surface area (Å²) in [6.07, 6.45) is 0.933. The molecule has 2 atom stereocenters. The molecule has 0 saturated carbocycles. The summed E-state index contributed by atoms with van der Waals surface area (Å²) in [6.45, 7) is 6.15. The molecule has 2 unspecified atom stereocenters. The Morgan fingerprint density at radius 2 is 1.68 bits per heavy atom. The van der Waals surface area contributed by atoms with Crippen LogP contribution in [0.3, 0.4) is 0 Å². The molecule has 0 aromatic heterocycles. The average molecular weight is 506 g/mol. The molecule has 1 aliphatic carbocycles. The molecular weight excluding hydrogens is 470 g/mol. The number of para-hydroxylation sites is 1. The lowest BCUT2D eigenvalue weighted by atomic mass is 9.71. The van der Waals surface area contributed by atoms with Crippen molar-refractivity contribution < 1.29 is 28.5 Å². The molecule has 0 amide bonds. The van der Waals surface area contributed by atoms with Crippen molar-refractivity contribution in [3.8, 4) is 17.2 Å². The van der Waals surface area contributed by atoms with Crippen molar-refractivity contribution in [2.24, 2.45) is 5.92 Å². The number of esters is 1. The Labute approximate surface area is 218 Å². The van der Waals surface area contributed by atoms with E-state index in [2.05, 4.69) is 5.32 Å². The monoisotopic (exact) mass is 505 g/mol. The molecule has 2 aromatic rings. The van der Waals surface area contributed by atoms with E-state index in [-0.39, 0.29) is 17.6 Å². The van der Waals surface area contributed by atoms with Crippen LogP contribution in [0.4, 0.5) is 0 Å². The number of nitrogens with one attached hydrogen (secondary N) is 1. The van der Waals surface area contributed by atoms with Crippen LogP contribution in [0.1, 0.15) is 56.6 Å². The van der Waals surface area contributed by atoms with Crippen LogP contribution < -0.4 is 19.5 Å².